The summed E-state index contributed by atoms with van der Waals surface area (Å²) in [4.78, 5) is 33.9. The molecule has 2 heterocycles. The summed E-state index contributed by atoms with van der Waals surface area (Å²) in [5, 5.41) is 0.865. The summed E-state index contributed by atoms with van der Waals surface area (Å²) in [5.41, 5.74) is 3.27. The van der Waals surface area contributed by atoms with Crippen LogP contribution in [0.15, 0.2) is 60.7 Å². The van der Waals surface area contributed by atoms with E-state index >= 15 is 0 Å². The molecule has 5 nitrogen and oxygen atoms in total. The van der Waals surface area contributed by atoms with Crippen molar-refractivity contribution in [3.63, 3.8) is 0 Å². The summed E-state index contributed by atoms with van der Waals surface area (Å²) >= 11 is 0. The third-order valence-corrected chi connectivity index (χ3v) is 5.59. The highest BCUT2D eigenvalue weighted by Crippen LogP contribution is 2.27. The Labute approximate surface area is 171 Å². The highest BCUT2D eigenvalue weighted by atomic mass is 16.2. The summed E-state index contributed by atoms with van der Waals surface area (Å²) in [6, 6.07) is 19.6. The summed E-state index contributed by atoms with van der Waals surface area (Å²) in [5.74, 6) is 0.164. The van der Waals surface area contributed by atoms with Crippen LogP contribution in [0.2, 0.25) is 0 Å². The molecule has 4 rings (SSSR count). The van der Waals surface area contributed by atoms with Crippen LogP contribution in [0.1, 0.15) is 23.2 Å². The lowest BCUT2D eigenvalue weighted by atomic mass is 9.94. The van der Waals surface area contributed by atoms with Gasteiger partial charge < -0.3 is 9.80 Å². The van der Waals surface area contributed by atoms with Crippen LogP contribution in [0.4, 0.5) is 0 Å². The van der Waals surface area contributed by atoms with Gasteiger partial charge >= 0.3 is 0 Å². The van der Waals surface area contributed by atoms with Crippen molar-refractivity contribution in [2.24, 2.45) is 5.92 Å². The molecule has 3 aromatic rings. The Kier molecular flexibility index (Phi) is 5.30. The number of pyridine rings is 1. The number of hydrogen-bond donors (Lipinski definition) is 0. The second-order valence-electron chi connectivity index (χ2n) is 7.74. The SMILES string of the molecule is CN(C)C(=O)C1CCN(C(=O)c2cc(-c3ccccc3)nc3ccccc23)CC1. The zero-order valence-electron chi connectivity index (χ0n) is 16.8. The van der Waals surface area contributed by atoms with Gasteiger partial charge in [0.2, 0.25) is 5.91 Å². The quantitative estimate of drug-likeness (QED) is 0.686. The number of hydrogen-bond acceptors (Lipinski definition) is 3. The van der Waals surface area contributed by atoms with Crippen molar-refractivity contribution < 1.29 is 9.59 Å². The van der Waals surface area contributed by atoms with Crippen LogP contribution in [0, 0.1) is 5.92 Å². The van der Waals surface area contributed by atoms with Crippen LogP contribution in [0.5, 0.6) is 0 Å². The van der Waals surface area contributed by atoms with Crippen LogP contribution in [0.3, 0.4) is 0 Å². The molecular formula is C24H25N3O2. The molecule has 5 heteroatoms. The topological polar surface area (TPSA) is 53.5 Å². The summed E-state index contributed by atoms with van der Waals surface area (Å²) in [7, 11) is 3.57. The van der Waals surface area contributed by atoms with Gasteiger partial charge in [-0.1, -0.05) is 48.5 Å². The maximum absolute atomic E-state index is 13.4. The molecule has 0 radical (unpaired) electrons. The molecule has 1 fully saturated rings. The van der Waals surface area contributed by atoms with Gasteiger partial charge in [0.15, 0.2) is 0 Å². The van der Waals surface area contributed by atoms with Gasteiger partial charge in [0, 0.05) is 44.1 Å². The van der Waals surface area contributed by atoms with Gasteiger partial charge in [-0.05, 0) is 25.0 Å². The molecule has 1 aliphatic rings. The van der Waals surface area contributed by atoms with E-state index in [4.69, 9.17) is 4.98 Å². The minimum absolute atomic E-state index is 0.00288. The average molecular weight is 387 g/mol. The monoisotopic (exact) mass is 387 g/mol. The predicted octanol–water partition coefficient (Wildman–Crippen LogP) is 3.84. The number of para-hydroxylation sites is 1. The van der Waals surface area contributed by atoms with Gasteiger partial charge in [-0.25, -0.2) is 4.98 Å². The molecule has 0 saturated carbocycles. The number of benzene rings is 2. The molecule has 1 aliphatic heterocycles. The molecule has 0 atom stereocenters. The Balaban J connectivity index is 1.65. The first kappa shape index (κ1) is 19.1. The van der Waals surface area contributed by atoms with E-state index < -0.39 is 0 Å². The van der Waals surface area contributed by atoms with Gasteiger partial charge in [-0.2, -0.15) is 0 Å². The van der Waals surface area contributed by atoms with E-state index in [1.54, 1.807) is 19.0 Å². The Morgan fingerprint density at radius 2 is 1.62 bits per heavy atom. The molecule has 0 unspecified atom stereocenters. The average Bonchev–Trinajstić information content (AvgIpc) is 2.78. The molecule has 0 N–H and O–H groups in total. The van der Waals surface area contributed by atoms with E-state index in [9.17, 15) is 9.59 Å². The van der Waals surface area contributed by atoms with Crippen molar-refractivity contribution >= 4 is 22.7 Å². The molecule has 1 saturated heterocycles. The fourth-order valence-electron chi connectivity index (χ4n) is 3.97. The summed E-state index contributed by atoms with van der Waals surface area (Å²) in [6.45, 7) is 1.20. The number of fused-ring (bicyclic) bond motifs is 1. The number of rotatable bonds is 3. The standard InChI is InChI=1S/C24H25N3O2/c1-26(2)23(28)18-12-14-27(15-13-18)24(29)20-16-22(17-8-4-3-5-9-17)25-21-11-7-6-10-19(20)21/h3-11,16,18H,12-15H2,1-2H3. The maximum atomic E-state index is 13.4. The zero-order valence-corrected chi connectivity index (χ0v) is 16.8. The second kappa shape index (κ2) is 8.03. The smallest absolute Gasteiger partial charge is 0.254 e. The molecule has 0 spiro atoms. The van der Waals surface area contributed by atoms with Crippen molar-refractivity contribution in [2.75, 3.05) is 27.2 Å². The highest BCUT2D eigenvalue weighted by Gasteiger charge is 2.29. The highest BCUT2D eigenvalue weighted by molar-refractivity contribution is 6.07. The predicted molar refractivity (Wildman–Crippen MR) is 115 cm³/mol. The van der Waals surface area contributed by atoms with E-state index in [2.05, 4.69) is 0 Å². The van der Waals surface area contributed by atoms with Crippen LogP contribution < -0.4 is 0 Å². The normalized spacial score (nSPS) is 14.8. The van der Waals surface area contributed by atoms with Gasteiger partial charge in [-0.3, -0.25) is 9.59 Å². The van der Waals surface area contributed by atoms with Crippen LogP contribution >= 0.6 is 0 Å². The number of carbonyl (C=O) groups is 2. The van der Waals surface area contributed by atoms with Crippen LogP contribution in [-0.4, -0.2) is 53.8 Å². The van der Waals surface area contributed by atoms with E-state index in [1.165, 1.54) is 0 Å². The molecule has 2 amide bonds. The molecular weight excluding hydrogens is 362 g/mol. The first-order valence-electron chi connectivity index (χ1n) is 10.0. The van der Waals surface area contributed by atoms with Gasteiger partial charge in [0.25, 0.3) is 5.91 Å². The van der Waals surface area contributed by atoms with Crippen molar-refractivity contribution in [1.29, 1.82) is 0 Å². The van der Waals surface area contributed by atoms with E-state index in [0.29, 0.717) is 31.5 Å². The number of aromatic nitrogens is 1. The number of piperidine rings is 1. The van der Waals surface area contributed by atoms with Crippen LogP contribution in [-0.2, 0) is 4.79 Å². The maximum Gasteiger partial charge on any atom is 0.254 e. The van der Waals surface area contributed by atoms with Crippen LogP contribution in [0.25, 0.3) is 22.2 Å². The number of likely N-dealkylation sites (tertiary alicyclic amines) is 1. The fraction of sp³-hybridized carbons (Fsp3) is 0.292. The molecule has 148 valence electrons. The van der Waals surface area contributed by atoms with E-state index in [1.807, 2.05) is 65.6 Å². The first-order valence-corrected chi connectivity index (χ1v) is 10.0. The van der Waals surface area contributed by atoms with Crippen molar-refractivity contribution in [3.05, 3.63) is 66.2 Å². The van der Waals surface area contributed by atoms with Gasteiger partial charge in [-0.15, -0.1) is 0 Å². The molecule has 1 aromatic heterocycles. The number of amides is 2. The Morgan fingerprint density at radius 1 is 0.966 bits per heavy atom. The van der Waals surface area contributed by atoms with Crippen molar-refractivity contribution in [2.45, 2.75) is 12.8 Å². The van der Waals surface area contributed by atoms with E-state index in [-0.39, 0.29) is 17.7 Å². The number of nitrogens with zero attached hydrogens (tertiary/aromatic N) is 3. The fourth-order valence-corrected chi connectivity index (χ4v) is 3.97. The van der Waals surface area contributed by atoms with Gasteiger partial charge in [0.05, 0.1) is 16.8 Å². The Hall–Kier alpha value is -3.21. The molecule has 0 aliphatic carbocycles. The van der Waals surface area contributed by atoms with E-state index in [0.717, 1.165) is 22.2 Å². The molecule has 2 aromatic carbocycles. The lowest BCUT2D eigenvalue weighted by Gasteiger charge is -2.32. The Bertz CT molecular complexity index is 1040. The minimum atomic E-state index is 0.00288. The summed E-state index contributed by atoms with van der Waals surface area (Å²) < 4.78 is 0. The minimum Gasteiger partial charge on any atom is -0.349 e. The molecule has 29 heavy (non-hydrogen) atoms. The lowest BCUT2D eigenvalue weighted by molar-refractivity contribution is -0.134. The lowest BCUT2D eigenvalue weighted by Crippen LogP contribution is -2.42. The van der Waals surface area contributed by atoms with Gasteiger partial charge in [0.1, 0.15) is 0 Å². The summed E-state index contributed by atoms with van der Waals surface area (Å²) in [6.07, 6.45) is 1.41. The Morgan fingerprint density at radius 3 is 2.31 bits per heavy atom. The second-order valence-corrected chi connectivity index (χ2v) is 7.74. The van der Waals surface area contributed by atoms with Crippen molar-refractivity contribution in [1.82, 2.24) is 14.8 Å². The largest absolute Gasteiger partial charge is 0.349 e. The third-order valence-electron chi connectivity index (χ3n) is 5.59. The molecule has 0 bridgehead atoms. The zero-order chi connectivity index (χ0) is 20.4. The third kappa shape index (κ3) is 3.86. The number of carbonyl (C=O) groups excluding carboxylic acids is 2. The van der Waals surface area contributed by atoms with Crippen molar-refractivity contribution in [3.8, 4) is 11.3 Å². The first-order chi connectivity index (χ1) is 14.0.